The van der Waals surface area contributed by atoms with Gasteiger partial charge in [0.25, 0.3) is 0 Å². The predicted octanol–water partition coefficient (Wildman–Crippen LogP) is 2.01. The summed E-state index contributed by atoms with van der Waals surface area (Å²) in [7, 11) is 3.24. The van der Waals surface area contributed by atoms with Crippen LogP contribution in [0.4, 0.5) is 4.79 Å². The highest BCUT2D eigenvalue weighted by Gasteiger charge is 2.42. The van der Waals surface area contributed by atoms with E-state index < -0.39 is 5.54 Å². The molecule has 8 heteroatoms. The van der Waals surface area contributed by atoms with Gasteiger partial charge in [-0.3, -0.25) is 0 Å². The number of hydrogen-bond donors (Lipinski definition) is 2. The zero-order valence-corrected chi connectivity index (χ0v) is 14.8. The van der Waals surface area contributed by atoms with Crippen molar-refractivity contribution in [1.82, 2.24) is 30.8 Å². The lowest BCUT2D eigenvalue weighted by Gasteiger charge is -2.38. The lowest BCUT2D eigenvalue weighted by atomic mass is 9.76. The maximum atomic E-state index is 12.1. The van der Waals surface area contributed by atoms with Gasteiger partial charge < -0.3 is 15.4 Å². The third-order valence-corrected chi connectivity index (χ3v) is 4.92. The Labute approximate surface area is 146 Å². The Morgan fingerprint density at radius 1 is 1.28 bits per heavy atom. The van der Waals surface area contributed by atoms with Gasteiger partial charge >= 0.3 is 6.03 Å². The van der Waals surface area contributed by atoms with E-state index in [1.807, 2.05) is 24.3 Å². The number of aromatic nitrogens is 4. The fourth-order valence-electron chi connectivity index (χ4n) is 3.32. The molecule has 2 aromatic rings. The van der Waals surface area contributed by atoms with E-state index in [0.717, 1.165) is 37.1 Å². The zero-order valence-electron chi connectivity index (χ0n) is 14.8. The highest BCUT2D eigenvalue weighted by Crippen LogP contribution is 2.39. The first-order valence-electron chi connectivity index (χ1n) is 8.51. The minimum absolute atomic E-state index is 0.223. The molecular weight excluding hydrogens is 320 g/mol. The lowest BCUT2D eigenvalue weighted by Crippen LogP contribution is -2.52. The minimum Gasteiger partial charge on any atom is -0.497 e. The molecular formula is C17H24N6O2. The molecule has 0 radical (unpaired) electrons. The summed E-state index contributed by atoms with van der Waals surface area (Å²) in [5.74, 6) is 2.06. The van der Waals surface area contributed by atoms with Crippen molar-refractivity contribution in [3.8, 4) is 11.4 Å². The van der Waals surface area contributed by atoms with E-state index in [2.05, 4.69) is 33.1 Å². The smallest absolute Gasteiger partial charge is 0.315 e. The molecule has 0 aliphatic heterocycles. The number of amides is 2. The first kappa shape index (κ1) is 17.2. The molecule has 1 aromatic carbocycles. The van der Waals surface area contributed by atoms with Crippen LogP contribution in [-0.2, 0) is 5.54 Å². The number of methoxy groups -OCH3 is 1. The number of benzene rings is 1. The third kappa shape index (κ3) is 3.42. The number of ether oxygens (including phenoxy) is 1. The summed E-state index contributed by atoms with van der Waals surface area (Å²) in [4.78, 5) is 12.1. The Hall–Kier alpha value is -2.64. The molecule has 2 N–H and O–H groups in total. The first-order chi connectivity index (χ1) is 12.1. The van der Waals surface area contributed by atoms with Crippen LogP contribution in [0.3, 0.4) is 0 Å². The second-order valence-electron chi connectivity index (χ2n) is 6.58. The number of rotatable bonds is 4. The fraction of sp³-hybridized carbons (Fsp3) is 0.529. The summed E-state index contributed by atoms with van der Waals surface area (Å²) in [6.45, 7) is 2.23. The third-order valence-electron chi connectivity index (χ3n) is 4.92. The molecule has 2 amide bonds. The highest BCUT2D eigenvalue weighted by molar-refractivity contribution is 5.74. The van der Waals surface area contributed by atoms with Crippen LogP contribution in [0.5, 0.6) is 5.75 Å². The average Bonchev–Trinajstić information content (AvgIpc) is 3.14. The van der Waals surface area contributed by atoms with Crippen molar-refractivity contribution in [1.29, 1.82) is 0 Å². The van der Waals surface area contributed by atoms with Crippen LogP contribution in [0, 0.1) is 5.92 Å². The number of carbonyl (C=O) groups excluding carboxylic acids is 1. The van der Waals surface area contributed by atoms with Crippen molar-refractivity contribution in [2.75, 3.05) is 14.2 Å². The van der Waals surface area contributed by atoms with Gasteiger partial charge in [-0.1, -0.05) is 6.92 Å². The van der Waals surface area contributed by atoms with Crippen molar-refractivity contribution in [2.45, 2.75) is 38.1 Å². The Bertz CT molecular complexity index is 719. The van der Waals surface area contributed by atoms with E-state index in [-0.39, 0.29) is 6.03 Å². The normalized spacial score (nSPS) is 23.1. The second-order valence-corrected chi connectivity index (χ2v) is 6.58. The van der Waals surface area contributed by atoms with Gasteiger partial charge in [-0.2, -0.15) is 4.68 Å². The maximum absolute atomic E-state index is 12.1. The van der Waals surface area contributed by atoms with Crippen LogP contribution in [0.25, 0.3) is 5.69 Å². The SMILES string of the molecule is CNC(=O)NC1(c2nnnn2-c2ccc(OC)cc2)CCC(C)CC1. The quantitative estimate of drug-likeness (QED) is 0.885. The van der Waals surface area contributed by atoms with E-state index in [1.165, 1.54) is 0 Å². The fourth-order valence-corrected chi connectivity index (χ4v) is 3.32. The molecule has 0 unspecified atom stereocenters. The Morgan fingerprint density at radius 3 is 2.56 bits per heavy atom. The largest absolute Gasteiger partial charge is 0.497 e. The van der Waals surface area contributed by atoms with Crippen LogP contribution in [-0.4, -0.2) is 40.4 Å². The lowest BCUT2D eigenvalue weighted by molar-refractivity contribution is 0.177. The molecule has 1 heterocycles. The van der Waals surface area contributed by atoms with Gasteiger partial charge in [0.05, 0.1) is 12.8 Å². The van der Waals surface area contributed by atoms with Gasteiger partial charge in [-0.05, 0) is 66.3 Å². The van der Waals surface area contributed by atoms with E-state index >= 15 is 0 Å². The summed E-state index contributed by atoms with van der Waals surface area (Å²) in [6.07, 6.45) is 3.63. The highest BCUT2D eigenvalue weighted by atomic mass is 16.5. The standard InChI is InChI=1S/C17H24N6O2/c1-12-8-10-17(11-9-12,19-16(24)18-2)15-20-21-22-23(15)13-4-6-14(25-3)7-5-13/h4-7,12H,8-11H2,1-3H3,(H2,18,19,24). The first-order valence-corrected chi connectivity index (χ1v) is 8.51. The van der Waals surface area contributed by atoms with Crippen LogP contribution >= 0.6 is 0 Å². The minimum atomic E-state index is -0.573. The Morgan fingerprint density at radius 2 is 1.96 bits per heavy atom. The predicted molar refractivity (Wildman–Crippen MR) is 92.6 cm³/mol. The molecule has 0 saturated heterocycles. The van der Waals surface area contributed by atoms with Crippen LogP contribution < -0.4 is 15.4 Å². The summed E-state index contributed by atoms with van der Waals surface area (Å²) in [5.41, 5.74) is 0.258. The molecule has 1 fully saturated rings. The van der Waals surface area contributed by atoms with E-state index in [4.69, 9.17) is 4.74 Å². The maximum Gasteiger partial charge on any atom is 0.315 e. The molecule has 134 valence electrons. The van der Waals surface area contributed by atoms with Crippen molar-refractivity contribution < 1.29 is 9.53 Å². The summed E-state index contributed by atoms with van der Waals surface area (Å²) < 4.78 is 6.91. The summed E-state index contributed by atoms with van der Waals surface area (Å²) in [6, 6.07) is 7.31. The Balaban J connectivity index is 1.99. The molecule has 25 heavy (non-hydrogen) atoms. The number of nitrogens with one attached hydrogen (secondary N) is 2. The molecule has 1 aliphatic carbocycles. The topological polar surface area (TPSA) is 94.0 Å². The molecule has 1 saturated carbocycles. The van der Waals surface area contributed by atoms with E-state index in [0.29, 0.717) is 11.7 Å². The van der Waals surface area contributed by atoms with E-state index in [1.54, 1.807) is 18.8 Å². The number of urea groups is 1. The van der Waals surface area contributed by atoms with Crippen LogP contribution in [0.2, 0.25) is 0 Å². The van der Waals surface area contributed by atoms with Crippen LogP contribution in [0.15, 0.2) is 24.3 Å². The van der Waals surface area contributed by atoms with E-state index in [9.17, 15) is 4.79 Å². The number of hydrogen-bond acceptors (Lipinski definition) is 5. The van der Waals surface area contributed by atoms with Gasteiger partial charge in [-0.25, -0.2) is 4.79 Å². The zero-order chi connectivity index (χ0) is 17.9. The number of carbonyl (C=O) groups is 1. The summed E-state index contributed by atoms with van der Waals surface area (Å²) >= 11 is 0. The summed E-state index contributed by atoms with van der Waals surface area (Å²) in [5, 5.41) is 18.0. The van der Waals surface area contributed by atoms with Gasteiger partial charge in [0.2, 0.25) is 0 Å². The molecule has 0 atom stereocenters. The molecule has 0 bridgehead atoms. The monoisotopic (exact) mass is 344 g/mol. The van der Waals surface area contributed by atoms with Gasteiger partial charge in [-0.15, -0.1) is 5.10 Å². The molecule has 1 aliphatic rings. The van der Waals surface area contributed by atoms with Gasteiger partial charge in [0.15, 0.2) is 5.82 Å². The van der Waals surface area contributed by atoms with Crippen molar-refractivity contribution in [3.05, 3.63) is 30.1 Å². The molecule has 1 aromatic heterocycles. The van der Waals surface area contributed by atoms with Crippen molar-refractivity contribution in [2.24, 2.45) is 5.92 Å². The molecule has 8 nitrogen and oxygen atoms in total. The van der Waals surface area contributed by atoms with Gasteiger partial charge in [0, 0.05) is 7.05 Å². The molecule has 3 rings (SSSR count). The molecule has 0 spiro atoms. The Kier molecular flexibility index (Phi) is 4.87. The van der Waals surface area contributed by atoms with Crippen molar-refractivity contribution >= 4 is 6.03 Å². The second kappa shape index (κ2) is 7.08. The van der Waals surface area contributed by atoms with Crippen molar-refractivity contribution in [3.63, 3.8) is 0 Å². The number of tetrazole rings is 1. The van der Waals surface area contributed by atoms with Gasteiger partial charge in [0.1, 0.15) is 11.3 Å². The van der Waals surface area contributed by atoms with Crippen LogP contribution in [0.1, 0.15) is 38.4 Å². The number of nitrogens with zero attached hydrogens (tertiary/aromatic N) is 4. The average molecular weight is 344 g/mol.